The highest BCUT2D eigenvalue weighted by Crippen LogP contribution is 2.04. The van der Waals surface area contributed by atoms with Crippen molar-refractivity contribution in [2.75, 3.05) is 19.6 Å². The van der Waals surface area contributed by atoms with Gasteiger partial charge in [0, 0.05) is 0 Å². The zero-order valence-corrected chi connectivity index (χ0v) is 12.1. The minimum absolute atomic E-state index is 1.16. The lowest BCUT2D eigenvalue weighted by Crippen LogP contribution is -2.31. The second-order valence-electron chi connectivity index (χ2n) is 3.56. The summed E-state index contributed by atoms with van der Waals surface area (Å²) in [4.78, 5) is 22.4. The molecule has 0 aromatic heterocycles. The fraction of sp³-hybridized carbons (Fsp3) is 0.800. The maximum atomic E-state index is 10.2. The Labute approximate surface area is 112 Å². The molecule has 9 heteroatoms. The minimum Gasteiger partial charge on any atom is -0.481 e. The third-order valence-electron chi connectivity index (χ3n) is 2.34. The van der Waals surface area contributed by atoms with Gasteiger partial charge < -0.3 is 15.1 Å². The molecular weight excluding hydrogens is 278 g/mol. The van der Waals surface area contributed by atoms with E-state index in [0.29, 0.717) is 0 Å². The van der Waals surface area contributed by atoms with Crippen LogP contribution in [0.25, 0.3) is 0 Å². The van der Waals surface area contributed by atoms with Crippen LogP contribution in [0.15, 0.2) is 0 Å². The molecule has 0 saturated carbocycles. The Morgan fingerprint density at radius 1 is 1.05 bits per heavy atom. The van der Waals surface area contributed by atoms with Crippen LogP contribution in [0.1, 0.15) is 27.2 Å². The zero-order chi connectivity index (χ0) is 15.6. The summed E-state index contributed by atoms with van der Waals surface area (Å²) in [5, 5.41) is 13.9. The molecular formula is C10H21NO7S. The number of rotatable bonds is 7. The Balaban J connectivity index is 0. The van der Waals surface area contributed by atoms with Gasteiger partial charge in [-0.15, -0.1) is 0 Å². The van der Waals surface area contributed by atoms with Gasteiger partial charge in [0.1, 0.15) is 0 Å². The van der Waals surface area contributed by atoms with E-state index in [0.717, 1.165) is 0 Å². The van der Waals surface area contributed by atoms with Crippen molar-refractivity contribution in [3.63, 3.8) is 0 Å². The number of carboxylic acids is 2. The van der Waals surface area contributed by atoms with Crippen LogP contribution < -0.4 is 0 Å². The van der Waals surface area contributed by atoms with E-state index in [2.05, 4.69) is 25.7 Å². The van der Waals surface area contributed by atoms with Crippen molar-refractivity contribution < 1.29 is 32.8 Å². The molecule has 0 aliphatic heterocycles. The summed E-state index contributed by atoms with van der Waals surface area (Å²) < 4.78 is 28.7. The van der Waals surface area contributed by atoms with E-state index in [9.17, 15) is 18.0 Å². The van der Waals surface area contributed by atoms with Gasteiger partial charge in [0.25, 0.3) is 10.1 Å². The van der Waals surface area contributed by atoms with Crippen molar-refractivity contribution in [3.8, 4) is 0 Å². The second-order valence-corrected chi connectivity index (χ2v) is 5.16. The lowest BCUT2D eigenvalue weighted by atomic mass is 10.3. The topological polar surface area (TPSA) is 132 Å². The lowest BCUT2D eigenvalue weighted by molar-refractivity contribution is -0.143. The van der Waals surface area contributed by atoms with Crippen molar-refractivity contribution in [2.45, 2.75) is 32.4 Å². The van der Waals surface area contributed by atoms with Crippen LogP contribution in [0.4, 0.5) is 0 Å². The number of nitrogens with zero attached hydrogens (tertiary/aromatic N) is 1. The quantitative estimate of drug-likeness (QED) is 0.566. The fourth-order valence-electron chi connectivity index (χ4n) is 1.15. The molecule has 1 unspecified atom stereocenters. The molecule has 0 aromatic carbocycles. The monoisotopic (exact) mass is 299 g/mol. The summed E-state index contributed by atoms with van der Waals surface area (Å²) in [6.07, 6.45) is -1.16. The first-order valence-electron chi connectivity index (χ1n) is 5.73. The molecule has 0 bridgehead atoms. The van der Waals surface area contributed by atoms with Crippen molar-refractivity contribution in [3.05, 3.63) is 0 Å². The first kappa shape index (κ1) is 20.1. The fourth-order valence-corrected chi connectivity index (χ4v) is 1.76. The third-order valence-corrected chi connectivity index (χ3v) is 3.42. The molecule has 8 nitrogen and oxygen atoms in total. The predicted octanol–water partition coefficient (Wildman–Crippen LogP) is 0.150. The predicted molar refractivity (Wildman–Crippen MR) is 68.7 cm³/mol. The first-order valence-corrected chi connectivity index (χ1v) is 7.23. The maximum Gasteiger partial charge on any atom is 0.325 e. The zero-order valence-electron chi connectivity index (χ0n) is 11.2. The van der Waals surface area contributed by atoms with Gasteiger partial charge in [-0.25, -0.2) is 0 Å². The molecule has 0 radical (unpaired) electrons. The number of aliphatic carboxylic acids is 2. The summed E-state index contributed by atoms with van der Waals surface area (Å²) in [6.45, 7) is 10.1. The summed E-state index contributed by atoms with van der Waals surface area (Å²) in [7, 11) is -4.84. The first-order chi connectivity index (χ1) is 8.59. The Morgan fingerprint density at radius 3 is 1.47 bits per heavy atom. The smallest absolute Gasteiger partial charge is 0.325 e. The third kappa shape index (κ3) is 10.4. The van der Waals surface area contributed by atoms with Gasteiger partial charge in [0.05, 0.1) is 6.42 Å². The van der Waals surface area contributed by atoms with Crippen molar-refractivity contribution in [2.24, 2.45) is 0 Å². The van der Waals surface area contributed by atoms with Crippen molar-refractivity contribution >= 4 is 22.1 Å². The summed E-state index contributed by atoms with van der Waals surface area (Å²) in [6, 6.07) is 0. The molecule has 3 N–H and O–H groups in total. The normalized spacial score (nSPS) is 12.5. The molecule has 1 atom stereocenters. The highest BCUT2D eigenvalue weighted by molar-refractivity contribution is 7.87. The van der Waals surface area contributed by atoms with Crippen LogP contribution in [0.5, 0.6) is 0 Å². The molecule has 0 rings (SSSR count). The van der Waals surface area contributed by atoms with Gasteiger partial charge in [-0.3, -0.25) is 14.1 Å². The molecule has 0 aliphatic rings. The van der Waals surface area contributed by atoms with Crippen LogP contribution in [0, 0.1) is 0 Å². The van der Waals surface area contributed by atoms with E-state index in [4.69, 9.17) is 14.8 Å². The Kier molecular flexibility index (Phi) is 10.3. The van der Waals surface area contributed by atoms with Gasteiger partial charge in [0.2, 0.25) is 0 Å². The number of carbonyl (C=O) groups is 2. The highest BCUT2D eigenvalue weighted by atomic mass is 32.2. The summed E-state index contributed by atoms with van der Waals surface area (Å²) in [5.41, 5.74) is 0. The van der Waals surface area contributed by atoms with Gasteiger partial charge >= 0.3 is 11.9 Å². The Morgan fingerprint density at radius 2 is 1.42 bits per heavy atom. The second kappa shape index (κ2) is 9.70. The van der Waals surface area contributed by atoms with E-state index in [1.165, 1.54) is 19.6 Å². The molecule has 0 spiro atoms. The van der Waals surface area contributed by atoms with Crippen LogP contribution in [-0.2, 0) is 19.7 Å². The van der Waals surface area contributed by atoms with Crippen LogP contribution in [0.3, 0.4) is 0 Å². The molecule has 0 amide bonds. The van der Waals surface area contributed by atoms with Gasteiger partial charge in [-0.1, -0.05) is 20.8 Å². The molecule has 0 aliphatic carbocycles. The number of carboxylic acid groups (broad SMARTS) is 2. The summed E-state index contributed by atoms with van der Waals surface area (Å²) >= 11 is 0. The number of hydrogen-bond acceptors (Lipinski definition) is 5. The molecule has 0 aromatic rings. The molecule has 19 heavy (non-hydrogen) atoms. The average molecular weight is 299 g/mol. The van der Waals surface area contributed by atoms with Crippen molar-refractivity contribution in [1.29, 1.82) is 0 Å². The van der Waals surface area contributed by atoms with E-state index in [1.54, 1.807) is 0 Å². The SMILES string of the molecule is CCN(CC)CC.O=C(O)CC(C(=O)O)S(=O)(=O)O. The van der Waals surface area contributed by atoms with Gasteiger partial charge in [0.15, 0.2) is 5.25 Å². The largest absolute Gasteiger partial charge is 0.481 e. The van der Waals surface area contributed by atoms with Crippen LogP contribution in [0.2, 0.25) is 0 Å². The van der Waals surface area contributed by atoms with Crippen LogP contribution >= 0.6 is 0 Å². The molecule has 114 valence electrons. The van der Waals surface area contributed by atoms with Crippen molar-refractivity contribution in [1.82, 2.24) is 4.90 Å². The van der Waals surface area contributed by atoms with E-state index in [-0.39, 0.29) is 0 Å². The Bertz CT molecular complexity index is 370. The van der Waals surface area contributed by atoms with Crippen LogP contribution in [-0.4, -0.2) is 64.9 Å². The minimum atomic E-state index is -4.84. The molecule has 0 saturated heterocycles. The van der Waals surface area contributed by atoms with Gasteiger partial charge in [-0.05, 0) is 19.6 Å². The molecule has 0 fully saturated rings. The maximum absolute atomic E-state index is 10.2. The molecule has 0 heterocycles. The van der Waals surface area contributed by atoms with Gasteiger partial charge in [-0.2, -0.15) is 8.42 Å². The number of hydrogen-bond donors (Lipinski definition) is 3. The lowest BCUT2D eigenvalue weighted by Gasteiger charge is -2.13. The highest BCUT2D eigenvalue weighted by Gasteiger charge is 2.33. The van der Waals surface area contributed by atoms with E-state index >= 15 is 0 Å². The average Bonchev–Trinajstić information content (AvgIpc) is 2.27. The Hall–Kier alpha value is -1.19. The van der Waals surface area contributed by atoms with E-state index in [1.807, 2.05) is 0 Å². The summed E-state index contributed by atoms with van der Waals surface area (Å²) in [5.74, 6) is -3.50. The standard InChI is InChI=1S/C6H15N.C4H6O7S/c1-4-7(5-2)6-3;5-3(6)1-2(4(7)8)12(9,10)11/h4-6H2,1-3H3;2H,1H2,(H,5,6)(H,7,8)(H,9,10,11). The van der Waals surface area contributed by atoms with E-state index < -0.39 is 33.7 Å².